The lowest BCUT2D eigenvalue weighted by Gasteiger charge is -2.09. The Hall–Kier alpha value is -3.66. The zero-order chi connectivity index (χ0) is 22.2. The molecule has 0 aliphatic heterocycles. The lowest BCUT2D eigenvalue weighted by Crippen LogP contribution is -2.24. The maximum Gasteiger partial charge on any atom is 0.344 e. The monoisotopic (exact) mass is 447 g/mol. The average Bonchev–Trinajstić information content (AvgIpc) is 3.42. The predicted octanol–water partition coefficient (Wildman–Crippen LogP) is 3.88. The molecule has 1 aromatic carbocycles. The molecule has 2 aromatic heterocycles. The fraction of sp³-hybridized carbons (Fsp3) is 0.190. The summed E-state index contributed by atoms with van der Waals surface area (Å²) in [6, 6.07) is 8.45. The Morgan fingerprint density at radius 2 is 1.87 bits per heavy atom. The number of thiophene rings is 1. The van der Waals surface area contributed by atoms with Crippen molar-refractivity contribution in [1.29, 1.82) is 0 Å². The number of anilines is 1. The molecule has 0 unspecified atom stereocenters. The van der Waals surface area contributed by atoms with Crippen LogP contribution >= 0.6 is 11.3 Å². The minimum atomic E-state index is -0.785. The summed E-state index contributed by atoms with van der Waals surface area (Å²) in [7, 11) is 0. The molecule has 1 N–H and O–H groups in total. The van der Waals surface area contributed by atoms with E-state index in [0.29, 0.717) is 11.3 Å². The molecule has 0 saturated carbocycles. The van der Waals surface area contributed by atoms with E-state index in [1.165, 1.54) is 30.5 Å². The summed E-state index contributed by atoms with van der Waals surface area (Å²) < 4.78 is 33.3. The van der Waals surface area contributed by atoms with Crippen molar-refractivity contribution in [3.05, 3.63) is 59.4 Å². The maximum atomic E-state index is 12.9. The first-order chi connectivity index (χ1) is 15.0. The van der Waals surface area contributed by atoms with Crippen molar-refractivity contribution in [2.24, 2.45) is 0 Å². The van der Waals surface area contributed by atoms with Gasteiger partial charge in [-0.25, -0.2) is 14.0 Å². The first-order valence-corrected chi connectivity index (χ1v) is 10.0. The van der Waals surface area contributed by atoms with Gasteiger partial charge in [0.1, 0.15) is 27.9 Å². The van der Waals surface area contributed by atoms with Crippen molar-refractivity contribution >= 4 is 34.2 Å². The van der Waals surface area contributed by atoms with Gasteiger partial charge in [-0.2, -0.15) is 0 Å². The molecule has 0 aliphatic rings. The molecule has 0 bridgehead atoms. The van der Waals surface area contributed by atoms with Crippen LogP contribution in [0.5, 0.6) is 5.75 Å². The molecule has 0 atom stereocenters. The van der Waals surface area contributed by atoms with E-state index in [4.69, 9.17) is 18.6 Å². The van der Waals surface area contributed by atoms with E-state index in [9.17, 15) is 18.8 Å². The zero-order valence-electron chi connectivity index (χ0n) is 16.4. The highest BCUT2D eigenvalue weighted by atomic mass is 32.1. The van der Waals surface area contributed by atoms with Crippen molar-refractivity contribution in [1.82, 2.24) is 0 Å². The minimum Gasteiger partial charge on any atom is -0.482 e. The molecular weight excluding hydrogens is 429 g/mol. The molecule has 2 heterocycles. The first kappa shape index (κ1) is 22.0. The highest BCUT2D eigenvalue weighted by molar-refractivity contribution is 7.15. The Bertz CT molecular complexity index is 1040. The van der Waals surface area contributed by atoms with E-state index in [0.717, 1.165) is 11.3 Å². The Labute approximate surface area is 180 Å². The van der Waals surface area contributed by atoms with Gasteiger partial charge in [0, 0.05) is 10.9 Å². The number of esters is 2. The summed E-state index contributed by atoms with van der Waals surface area (Å²) in [6.45, 7) is 0.796. The molecule has 1 amide bonds. The lowest BCUT2D eigenvalue weighted by atomic mass is 10.1. The summed E-state index contributed by atoms with van der Waals surface area (Å²) in [5, 5.41) is 4.44. The van der Waals surface area contributed by atoms with Crippen LogP contribution in [0.4, 0.5) is 9.39 Å². The summed E-state index contributed by atoms with van der Waals surface area (Å²) in [6.07, 6.45) is 1.47. The number of benzene rings is 1. The number of carbonyl (C=O) groups excluding carboxylic acids is 3. The minimum absolute atomic E-state index is 0.154. The second-order valence-electron chi connectivity index (χ2n) is 6.00. The van der Waals surface area contributed by atoms with Crippen LogP contribution in [-0.2, 0) is 19.1 Å². The van der Waals surface area contributed by atoms with E-state index in [1.54, 1.807) is 24.4 Å². The third-order valence-corrected chi connectivity index (χ3v) is 4.74. The molecule has 0 radical (unpaired) electrons. The molecule has 3 rings (SSSR count). The van der Waals surface area contributed by atoms with E-state index >= 15 is 0 Å². The standard InChI is InChI=1S/C21H18FNO7S/c1-2-27-21(26)19-15(16-4-3-9-28-16)12-31-20(19)23-17(24)10-30-18(25)11-29-14-7-5-13(22)6-8-14/h3-9,12H,2,10-11H2,1H3,(H,23,24). The fourth-order valence-corrected chi connectivity index (χ4v) is 3.45. The van der Waals surface area contributed by atoms with Crippen LogP contribution in [0.1, 0.15) is 17.3 Å². The van der Waals surface area contributed by atoms with Gasteiger partial charge < -0.3 is 23.9 Å². The Morgan fingerprint density at radius 1 is 1.10 bits per heavy atom. The van der Waals surface area contributed by atoms with Gasteiger partial charge in [0.15, 0.2) is 13.2 Å². The van der Waals surface area contributed by atoms with Crippen LogP contribution in [0.2, 0.25) is 0 Å². The van der Waals surface area contributed by atoms with Gasteiger partial charge in [0.2, 0.25) is 0 Å². The molecule has 10 heteroatoms. The summed E-state index contributed by atoms with van der Waals surface area (Å²) in [4.78, 5) is 36.4. The Kier molecular flexibility index (Phi) is 7.39. The molecular formula is C21H18FNO7S. The number of furan rings is 1. The van der Waals surface area contributed by atoms with Gasteiger partial charge >= 0.3 is 11.9 Å². The average molecular weight is 447 g/mol. The number of rotatable bonds is 9. The summed E-state index contributed by atoms with van der Waals surface area (Å²) >= 11 is 1.11. The highest BCUT2D eigenvalue weighted by Crippen LogP contribution is 2.36. The van der Waals surface area contributed by atoms with Gasteiger partial charge in [-0.05, 0) is 43.3 Å². The van der Waals surface area contributed by atoms with Crippen molar-refractivity contribution in [2.75, 3.05) is 25.1 Å². The van der Waals surface area contributed by atoms with Crippen LogP contribution in [0.25, 0.3) is 11.3 Å². The topological polar surface area (TPSA) is 104 Å². The molecule has 0 aliphatic carbocycles. The molecule has 162 valence electrons. The molecule has 0 spiro atoms. The summed E-state index contributed by atoms with van der Waals surface area (Å²) in [5.74, 6) is -1.75. The third kappa shape index (κ3) is 5.92. The molecule has 31 heavy (non-hydrogen) atoms. The Morgan fingerprint density at radius 3 is 2.55 bits per heavy atom. The number of carbonyl (C=O) groups is 3. The van der Waals surface area contributed by atoms with E-state index in [1.807, 2.05) is 0 Å². The number of hydrogen-bond acceptors (Lipinski definition) is 8. The predicted molar refractivity (Wildman–Crippen MR) is 109 cm³/mol. The molecule has 0 fully saturated rings. The quantitative estimate of drug-likeness (QED) is 0.496. The van der Waals surface area contributed by atoms with Crippen molar-refractivity contribution < 1.29 is 37.4 Å². The normalized spacial score (nSPS) is 10.4. The SMILES string of the molecule is CCOC(=O)c1c(-c2ccco2)csc1NC(=O)COC(=O)COc1ccc(F)cc1. The second kappa shape index (κ2) is 10.4. The molecule has 0 saturated heterocycles. The van der Waals surface area contributed by atoms with Crippen LogP contribution in [0.15, 0.2) is 52.5 Å². The number of halogens is 1. The number of nitrogens with one attached hydrogen (secondary N) is 1. The number of ether oxygens (including phenoxy) is 3. The van der Waals surface area contributed by atoms with Crippen LogP contribution in [0.3, 0.4) is 0 Å². The van der Waals surface area contributed by atoms with Crippen molar-refractivity contribution in [3.63, 3.8) is 0 Å². The second-order valence-corrected chi connectivity index (χ2v) is 6.88. The smallest absolute Gasteiger partial charge is 0.344 e. The molecule has 3 aromatic rings. The van der Waals surface area contributed by atoms with Crippen molar-refractivity contribution in [2.45, 2.75) is 6.92 Å². The van der Waals surface area contributed by atoms with Crippen LogP contribution in [0, 0.1) is 5.82 Å². The van der Waals surface area contributed by atoms with Gasteiger partial charge in [-0.3, -0.25) is 4.79 Å². The van der Waals surface area contributed by atoms with Crippen molar-refractivity contribution in [3.8, 4) is 17.1 Å². The largest absolute Gasteiger partial charge is 0.482 e. The summed E-state index contributed by atoms with van der Waals surface area (Å²) in [5.41, 5.74) is 0.634. The van der Waals surface area contributed by atoms with Gasteiger partial charge in [0.05, 0.1) is 12.9 Å². The number of hydrogen-bond donors (Lipinski definition) is 1. The van der Waals surface area contributed by atoms with Gasteiger partial charge in [-0.15, -0.1) is 11.3 Å². The van der Waals surface area contributed by atoms with E-state index in [-0.39, 0.29) is 22.9 Å². The maximum absolute atomic E-state index is 12.9. The van der Waals surface area contributed by atoms with Crippen LogP contribution < -0.4 is 10.1 Å². The van der Waals surface area contributed by atoms with Crippen LogP contribution in [-0.4, -0.2) is 37.7 Å². The van der Waals surface area contributed by atoms with Gasteiger partial charge in [0.25, 0.3) is 5.91 Å². The highest BCUT2D eigenvalue weighted by Gasteiger charge is 2.24. The van der Waals surface area contributed by atoms with E-state index in [2.05, 4.69) is 5.32 Å². The van der Waals surface area contributed by atoms with E-state index < -0.39 is 36.9 Å². The molecule has 8 nitrogen and oxygen atoms in total. The fourth-order valence-electron chi connectivity index (χ4n) is 2.49. The van der Waals surface area contributed by atoms with Gasteiger partial charge in [-0.1, -0.05) is 0 Å². The lowest BCUT2D eigenvalue weighted by molar-refractivity contribution is -0.149. The number of amides is 1. The zero-order valence-corrected chi connectivity index (χ0v) is 17.2. The third-order valence-electron chi connectivity index (χ3n) is 3.84. The Balaban J connectivity index is 1.57. The first-order valence-electron chi connectivity index (χ1n) is 9.14.